The maximum atomic E-state index is 2.66. The Morgan fingerprint density at radius 3 is 1.18 bits per heavy atom. The van der Waals surface area contributed by atoms with Crippen molar-refractivity contribution >= 4 is 67.0 Å². The highest BCUT2D eigenvalue weighted by Gasteiger charge is 2.42. The highest BCUT2D eigenvalue weighted by Crippen LogP contribution is 2.44. The van der Waals surface area contributed by atoms with Crippen molar-refractivity contribution in [2.45, 2.75) is 0 Å². The number of rotatable bonds is 6. The average molecular weight is 790 g/mol. The standard InChI is InChI=1S/C56H36BN5/c1-7-19-37(20-8-1)40-31-50-56-51(32-40)62-53-47(36-59(62)43-29-17-6-18-30-43)45(39-23-11-3-12-24-39)34-49-55(53)60(56)54-48(57(49)41-25-13-4-14-26-41)33-44(38-21-9-2-10-22-38)46-35-58(61(50)52(46)54)42-27-15-5-16-28-42/h1-36H/q+2. The number of hydrogen-bond donors (Lipinski definition) is 0. The molecule has 0 spiro atoms. The molecule has 0 radical (unpaired) electrons. The van der Waals surface area contributed by atoms with Gasteiger partial charge in [-0.25, -0.2) is 0 Å². The van der Waals surface area contributed by atoms with E-state index in [0.29, 0.717) is 0 Å². The van der Waals surface area contributed by atoms with Crippen LogP contribution in [0.3, 0.4) is 0 Å². The first-order valence-electron chi connectivity index (χ1n) is 21.4. The van der Waals surface area contributed by atoms with Gasteiger partial charge in [-0.3, -0.25) is 0 Å². The minimum atomic E-state index is -0.0510. The van der Waals surface area contributed by atoms with Gasteiger partial charge in [0, 0.05) is 24.3 Å². The van der Waals surface area contributed by atoms with Crippen LogP contribution in [0.5, 0.6) is 0 Å². The molecule has 62 heavy (non-hydrogen) atoms. The number of para-hydroxylation sites is 2. The second kappa shape index (κ2) is 12.6. The lowest BCUT2D eigenvalue weighted by Crippen LogP contribution is -2.56. The molecule has 0 fully saturated rings. The molecule has 14 rings (SSSR count). The Morgan fingerprint density at radius 2 is 0.742 bits per heavy atom. The third kappa shape index (κ3) is 4.53. The van der Waals surface area contributed by atoms with Gasteiger partial charge in [0.15, 0.2) is 0 Å². The second-order valence-electron chi connectivity index (χ2n) is 16.6. The Kier molecular flexibility index (Phi) is 6.85. The van der Waals surface area contributed by atoms with Crippen LogP contribution in [0.2, 0.25) is 0 Å². The Balaban J connectivity index is 1.31. The van der Waals surface area contributed by atoms with Gasteiger partial charge in [-0.15, -0.1) is 9.03 Å². The maximum Gasteiger partial charge on any atom is 0.246 e. The van der Waals surface area contributed by atoms with E-state index in [-0.39, 0.29) is 6.71 Å². The largest absolute Gasteiger partial charge is 0.303 e. The Labute approximate surface area is 357 Å². The number of hydrogen-bond acceptors (Lipinski definition) is 0. The van der Waals surface area contributed by atoms with Crippen LogP contribution in [-0.4, -0.2) is 20.3 Å². The van der Waals surface area contributed by atoms with Crippen molar-refractivity contribution < 1.29 is 9.36 Å². The zero-order valence-electron chi connectivity index (χ0n) is 33.6. The van der Waals surface area contributed by atoms with E-state index in [1.807, 2.05) is 0 Å². The summed E-state index contributed by atoms with van der Waals surface area (Å²) in [5.41, 5.74) is 21.6. The van der Waals surface area contributed by atoms with Crippen molar-refractivity contribution in [1.82, 2.24) is 13.6 Å². The fourth-order valence-corrected chi connectivity index (χ4v) is 10.8. The zero-order chi connectivity index (χ0) is 40.5. The monoisotopic (exact) mass is 789 g/mol. The van der Waals surface area contributed by atoms with Crippen LogP contribution in [0.1, 0.15) is 0 Å². The Bertz CT molecular complexity index is 3610. The molecule has 2 aromatic heterocycles. The molecule has 0 saturated heterocycles. The first kappa shape index (κ1) is 33.6. The van der Waals surface area contributed by atoms with Crippen molar-refractivity contribution in [2.24, 2.45) is 0 Å². The summed E-state index contributed by atoms with van der Waals surface area (Å²) in [6, 6.07) is 75.5. The minimum Gasteiger partial charge on any atom is -0.303 e. The van der Waals surface area contributed by atoms with E-state index in [1.54, 1.807) is 0 Å². The Morgan fingerprint density at radius 1 is 0.355 bits per heavy atom. The molecule has 5 nitrogen and oxygen atoms in total. The topological polar surface area (TPSA) is 21.5 Å². The molecule has 0 N–H and O–H groups in total. The summed E-state index contributed by atoms with van der Waals surface area (Å²) in [6.45, 7) is -0.0510. The predicted octanol–water partition coefficient (Wildman–Crippen LogP) is 9.70. The van der Waals surface area contributed by atoms with Gasteiger partial charge in [0.25, 0.3) is 0 Å². The first-order valence-corrected chi connectivity index (χ1v) is 21.4. The summed E-state index contributed by atoms with van der Waals surface area (Å²) in [5, 5.41) is 2.42. The lowest BCUT2D eigenvalue weighted by molar-refractivity contribution is -0.664. The minimum absolute atomic E-state index is 0.0510. The van der Waals surface area contributed by atoms with E-state index in [4.69, 9.17) is 0 Å². The third-order valence-corrected chi connectivity index (χ3v) is 13.3. The molecule has 3 aliphatic heterocycles. The fraction of sp³-hybridized carbons (Fsp3) is 0. The second-order valence-corrected chi connectivity index (χ2v) is 16.6. The van der Waals surface area contributed by atoms with Gasteiger partial charge in [0.1, 0.15) is 27.8 Å². The smallest absolute Gasteiger partial charge is 0.246 e. The molecule has 0 aliphatic carbocycles. The fourth-order valence-electron chi connectivity index (χ4n) is 10.8. The summed E-state index contributed by atoms with van der Waals surface area (Å²) in [4.78, 5) is 0. The molecule has 9 aromatic carbocycles. The highest BCUT2D eigenvalue weighted by molar-refractivity contribution is 6.98. The molecule has 5 heterocycles. The van der Waals surface area contributed by atoms with Crippen LogP contribution in [-0.2, 0) is 0 Å². The molecule has 11 aromatic rings. The lowest BCUT2D eigenvalue weighted by atomic mass is 9.35. The molecule has 6 heteroatoms. The van der Waals surface area contributed by atoms with Crippen LogP contribution in [0, 0.1) is 0 Å². The SMILES string of the molecule is c1ccc(B2c3cc(-c4ccccc4)c4c[n+](-c5ccccc5)n5c6cc(-c7ccccc7)cc7c6-n(c3c45)c3c2cc(-c2ccccc2)c2c[n+](-c4ccccc4)n7c23)cc1. The van der Waals surface area contributed by atoms with Crippen molar-refractivity contribution in [3.05, 3.63) is 219 Å². The van der Waals surface area contributed by atoms with E-state index in [1.165, 1.54) is 82.7 Å². The van der Waals surface area contributed by atoms with Gasteiger partial charge in [0.05, 0.1) is 21.8 Å². The summed E-state index contributed by atoms with van der Waals surface area (Å²) >= 11 is 0. The van der Waals surface area contributed by atoms with Crippen LogP contribution in [0.25, 0.3) is 94.3 Å². The van der Waals surface area contributed by atoms with E-state index < -0.39 is 0 Å². The number of fused-ring (bicyclic) bond motifs is 2. The average Bonchev–Trinajstić information content (AvgIpc) is 3.96. The Hall–Kier alpha value is -8.22. The molecule has 3 aliphatic rings. The van der Waals surface area contributed by atoms with Gasteiger partial charge in [-0.2, -0.15) is 0 Å². The molecule has 0 saturated carbocycles. The molecular weight excluding hydrogens is 753 g/mol. The number of aromatic nitrogens is 5. The van der Waals surface area contributed by atoms with E-state index in [9.17, 15) is 0 Å². The molecule has 0 amide bonds. The highest BCUT2D eigenvalue weighted by atomic mass is 15.4. The van der Waals surface area contributed by atoms with Gasteiger partial charge in [-0.1, -0.05) is 185 Å². The quantitative estimate of drug-likeness (QED) is 0.0693. The van der Waals surface area contributed by atoms with Crippen molar-refractivity contribution in [3.8, 4) is 50.4 Å². The maximum absolute atomic E-state index is 2.66. The summed E-state index contributed by atoms with van der Waals surface area (Å²) < 4.78 is 12.5. The molecule has 0 bridgehead atoms. The first-order chi connectivity index (χ1) is 30.8. The van der Waals surface area contributed by atoms with E-state index >= 15 is 0 Å². The van der Waals surface area contributed by atoms with Gasteiger partial charge < -0.3 is 4.57 Å². The van der Waals surface area contributed by atoms with Crippen molar-refractivity contribution in [2.75, 3.05) is 0 Å². The van der Waals surface area contributed by atoms with Crippen molar-refractivity contribution in [1.29, 1.82) is 0 Å². The molecule has 0 atom stereocenters. The summed E-state index contributed by atoms with van der Waals surface area (Å²) in [6.07, 6.45) is 4.75. The molecule has 286 valence electrons. The predicted molar refractivity (Wildman–Crippen MR) is 253 cm³/mol. The lowest BCUT2D eigenvalue weighted by Gasteiger charge is -2.32. The number of benzene rings is 9. The molecule has 0 unspecified atom stereocenters. The summed E-state index contributed by atoms with van der Waals surface area (Å²) in [7, 11) is 0. The normalized spacial score (nSPS) is 12.5. The van der Waals surface area contributed by atoms with Crippen LogP contribution in [0.15, 0.2) is 219 Å². The van der Waals surface area contributed by atoms with Gasteiger partial charge >= 0.3 is 0 Å². The summed E-state index contributed by atoms with van der Waals surface area (Å²) in [5.74, 6) is 0. The van der Waals surface area contributed by atoms with Crippen LogP contribution in [0.4, 0.5) is 0 Å². The zero-order valence-corrected chi connectivity index (χ0v) is 33.6. The van der Waals surface area contributed by atoms with E-state index in [2.05, 4.69) is 242 Å². The van der Waals surface area contributed by atoms with Crippen LogP contribution >= 0.6 is 0 Å². The third-order valence-electron chi connectivity index (χ3n) is 13.3. The van der Waals surface area contributed by atoms with E-state index in [0.717, 1.165) is 28.0 Å². The molecular formula is C56H36BN5+2. The van der Waals surface area contributed by atoms with Crippen molar-refractivity contribution in [3.63, 3.8) is 0 Å². The number of nitrogens with zero attached hydrogens (tertiary/aromatic N) is 5. The van der Waals surface area contributed by atoms with Gasteiger partial charge in [-0.05, 0) is 56.4 Å². The van der Waals surface area contributed by atoms with Crippen LogP contribution < -0.4 is 25.8 Å². The van der Waals surface area contributed by atoms with Gasteiger partial charge in [0.2, 0.25) is 30.5 Å².